The smallest absolute Gasteiger partial charge is 0.135 e. The van der Waals surface area contributed by atoms with Crippen molar-refractivity contribution in [1.82, 2.24) is 4.98 Å². The van der Waals surface area contributed by atoms with E-state index in [1.54, 1.807) is 6.20 Å². The van der Waals surface area contributed by atoms with Crippen molar-refractivity contribution in [3.63, 3.8) is 0 Å². The van der Waals surface area contributed by atoms with Crippen LogP contribution < -0.4 is 10.5 Å². The Morgan fingerprint density at radius 1 is 1.10 bits per heavy atom. The lowest BCUT2D eigenvalue weighted by Gasteiger charge is -2.23. The molecule has 2 rings (SSSR count). The van der Waals surface area contributed by atoms with E-state index in [4.69, 9.17) is 10.5 Å². The molecule has 0 unspecified atom stereocenters. The second-order valence-corrected chi connectivity index (χ2v) is 6.49. The number of benzene rings is 1. The molecule has 0 aliphatic carbocycles. The summed E-state index contributed by atoms with van der Waals surface area (Å²) in [6.07, 6.45) is 1.79. The van der Waals surface area contributed by atoms with Gasteiger partial charge in [-0.3, -0.25) is 4.98 Å². The van der Waals surface area contributed by atoms with Gasteiger partial charge in [0.05, 0.1) is 0 Å². The van der Waals surface area contributed by atoms with E-state index >= 15 is 0 Å². The number of hydrogen-bond donors (Lipinski definition) is 1. The first kappa shape index (κ1) is 15.5. The van der Waals surface area contributed by atoms with Crippen molar-refractivity contribution >= 4 is 0 Å². The first-order valence-electron chi connectivity index (χ1n) is 7.26. The van der Waals surface area contributed by atoms with Gasteiger partial charge in [-0.05, 0) is 30.9 Å². The van der Waals surface area contributed by atoms with Crippen LogP contribution in [0.1, 0.15) is 43.2 Å². The molecule has 3 nitrogen and oxygen atoms in total. The maximum absolute atomic E-state index is 6.20. The molecule has 112 valence electrons. The molecule has 0 bridgehead atoms. The Labute approximate surface area is 127 Å². The normalized spacial score (nSPS) is 11.5. The van der Waals surface area contributed by atoms with Crippen molar-refractivity contribution < 1.29 is 4.74 Å². The molecule has 1 aromatic heterocycles. The summed E-state index contributed by atoms with van der Waals surface area (Å²) in [6.45, 7) is 11.0. The molecule has 0 saturated heterocycles. The highest BCUT2D eigenvalue weighted by atomic mass is 16.5. The number of aromatic nitrogens is 1. The van der Waals surface area contributed by atoms with Crippen LogP contribution >= 0.6 is 0 Å². The first-order valence-corrected chi connectivity index (χ1v) is 7.26. The Hall–Kier alpha value is -1.87. The fraction of sp³-hybridized carbons (Fsp3) is 0.389. The molecule has 0 fully saturated rings. The van der Waals surface area contributed by atoms with Gasteiger partial charge in [0.1, 0.15) is 11.5 Å². The van der Waals surface area contributed by atoms with Crippen LogP contribution in [-0.2, 0) is 12.0 Å². The molecule has 0 amide bonds. The highest BCUT2D eigenvalue weighted by Crippen LogP contribution is 2.35. The number of rotatable bonds is 3. The van der Waals surface area contributed by atoms with Crippen LogP contribution in [0, 0.1) is 13.8 Å². The molecule has 0 aliphatic heterocycles. The Morgan fingerprint density at radius 3 is 2.43 bits per heavy atom. The highest BCUT2D eigenvalue weighted by molar-refractivity contribution is 5.45. The van der Waals surface area contributed by atoms with Crippen molar-refractivity contribution in [2.75, 3.05) is 0 Å². The van der Waals surface area contributed by atoms with Gasteiger partial charge in [0, 0.05) is 35.6 Å². The molecule has 3 heteroatoms. The van der Waals surface area contributed by atoms with E-state index in [0.717, 1.165) is 22.8 Å². The lowest BCUT2D eigenvalue weighted by atomic mass is 9.86. The third-order valence-electron chi connectivity index (χ3n) is 3.47. The molecule has 0 aliphatic rings. The van der Waals surface area contributed by atoms with Gasteiger partial charge in [0.25, 0.3) is 0 Å². The van der Waals surface area contributed by atoms with E-state index < -0.39 is 0 Å². The SMILES string of the molecule is Cc1ccc(C(C)(C)C)c(Oc2cc(C)ncc2CN)c1. The summed E-state index contributed by atoms with van der Waals surface area (Å²) < 4.78 is 6.20. The lowest BCUT2D eigenvalue weighted by Crippen LogP contribution is -2.13. The van der Waals surface area contributed by atoms with Gasteiger partial charge in [-0.25, -0.2) is 0 Å². The lowest BCUT2D eigenvalue weighted by molar-refractivity contribution is 0.449. The molecule has 1 heterocycles. The molecule has 0 spiro atoms. The number of ether oxygens (including phenoxy) is 1. The quantitative estimate of drug-likeness (QED) is 0.916. The summed E-state index contributed by atoms with van der Waals surface area (Å²) in [5.41, 5.74) is 10.0. The zero-order valence-electron chi connectivity index (χ0n) is 13.5. The fourth-order valence-electron chi connectivity index (χ4n) is 2.26. The van der Waals surface area contributed by atoms with Crippen LogP contribution in [0.2, 0.25) is 0 Å². The minimum atomic E-state index is 0.0218. The second-order valence-electron chi connectivity index (χ2n) is 6.49. The molecule has 2 N–H and O–H groups in total. The maximum Gasteiger partial charge on any atom is 0.135 e. The number of nitrogens with zero attached hydrogens (tertiary/aromatic N) is 1. The zero-order chi connectivity index (χ0) is 15.6. The molecular weight excluding hydrogens is 260 g/mol. The van der Waals surface area contributed by atoms with E-state index in [9.17, 15) is 0 Å². The summed E-state index contributed by atoms with van der Waals surface area (Å²) in [5.74, 6) is 1.68. The van der Waals surface area contributed by atoms with Crippen molar-refractivity contribution in [2.45, 2.75) is 46.6 Å². The predicted molar refractivity (Wildman–Crippen MR) is 86.8 cm³/mol. The van der Waals surface area contributed by atoms with Gasteiger partial charge in [-0.15, -0.1) is 0 Å². The van der Waals surface area contributed by atoms with Gasteiger partial charge in [-0.2, -0.15) is 0 Å². The van der Waals surface area contributed by atoms with Gasteiger partial charge in [0.15, 0.2) is 0 Å². The van der Waals surface area contributed by atoms with Crippen molar-refractivity contribution in [3.05, 3.63) is 52.8 Å². The van der Waals surface area contributed by atoms with Gasteiger partial charge in [-0.1, -0.05) is 32.9 Å². The monoisotopic (exact) mass is 284 g/mol. The standard InChI is InChI=1S/C18H24N2O/c1-12-6-7-15(18(3,4)5)17(8-12)21-16-9-13(2)20-11-14(16)10-19/h6-9,11H,10,19H2,1-5H3. The molecule has 1 aromatic carbocycles. The van der Waals surface area contributed by atoms with Crippen molar-refractivity contribution in [1.29, 1.82) is 0 Å². The average Bonchev–Trinajstić information content (AvgIpc) is 2.37. The molecular formula is C18H24N2O. The average molecular weight is 284 g/mol. The van der Waals surface area contributed by atoms with Gasteiger partial charge < -0.3 is 10.5 Å². The van der Waals surface area contributed by atoms with Crippen LogP contribution in [0.5, 0.6) is 11.5 Å². The van der Waals surface area contributed by atoms with Crippen molar-refractivity contribution in [2.24, 2.45) is 5.73 Å². The topological polar surface area (TPSA) is 48.1 Å². The molecule has 0 radical (unpaired) electrons. The number of pyridine rings is 1. The minimum absolute atomic E-state index is 0.0218. The largest absolute Gasteiger partial charge is 0.457 e. The van der Waals surface area contributed by atoms with E-state index in [1.807, 2.05) is 13.0 Å². The third kappa shape index (κ3) is 3.61. The molecule has 2 aromatic rings. The van der Waals surface area contributed by atoms with Crippen LogP contribution in [0.4, 0.5) is 0 Å². The van der Waals surface area contributed by atoms with Crippen LogP contribution in [0.15, 0.2) is 30.5 Å². The number of aryl methyl sites for hydroxylation is 2. The highest BCUT2D eigenvalue weighted by Gasteiger charge is 2.20. The van der Waals surface area contributed by atoms with Crippen molar-refractivity contribution in [3.8, 4) is 11.5 Å². The van der Waals surface area contributed by atoms with Crippen LogP contribution in [0.3, 0.4) is 0 Å². The molecule has 21 heavy (non-hydrogen) atoms. The summed E-state index contributed by atoms with van der Waals surface area (Å²) in [6, 6.07) is 8.28. The molecule has 0 saturated carbocycles. The Bertz CT molecular complexity index is 642. The summed E-state index contributed by atoms with van der Waals surface area (Å²) in [7, 11) is 0. The van der Waals surface area contributed by atoms with Crippen LogP contribution in [0.25, 0.3) is 0 Å². The Balaban J connectivity index is 2.49. The van der Waals surface area contributed by atoms with E-state index in [-0.39, 0.29) is 5.41 Å². The Kier molecular flexibility index (Phi) is 4.33. The Morgan fingerprint density at radius 2 is 1.81 bits per heavy atom. The van der Waals surface area contributed by atoms with E-state index in [1.165, 1.54) is 11.1 Å². The minimum Gasteiger partial charge on any atom is -0.457 e. The molecule has 0 atom stereocenters. The van der Waals surface area contributed by atoms with E-state index in [0.29, 0.717) is 6.54 Å². The summed E-state index contributed by atoms with van der Waals surface area (Å²) >= 11 is 0. The zero-order valence-corrected chi connectivity index (χ0v) is 13.5. The first-order chi connectivity index (χ1) is 9.81. The predicted octanol–water partition coefficient (Wildman–Crippen LogP) is 4.25. The van der Waals surface area contributed by atoms with Gasteiger partial charge in [0.2, 0.25) is 0 Å². The van der Waals surface area contributed by atoms with Crippen LogP contribution in [-0.4, -0.2) is 4.98 Å². The number of nitrogens with two attached hydrogens (primary N) is 1. The fourth-order valence-corrected chi connectivity index (χ4v) is 2.26. The third-order valence-corrected chi connectivity index (χ3v) is 3.47. The number of hydrogen-bond acceptors (Lipinski definition) is 3. The van der Waals surface area contributed by atoms with E-state index in [2.05, 4.69) is 50.9 Å². The maximum atomic E-state index is 6.20. The van der Waals surface area contributed by atoms with Gasteiger partial charge >= 0.3 is 0 Å². The second kappa shape index (κ2) is 5.86. The summed E-state index contributed by atoms with van der Waals surface area (Å²) in [5, 5.41) is 0. The summed E-state index contributed by atoms with van der Waals surface area (Å²) in [4.78, 5) is 4.28.